The van der Waals surface area contributed by atoms with Crippen molar-refractivity contribution < 1.29 is 43.2 Å². The van der Waals surface area contributed by atoms with E-state index in [9.17, 15) is 14.4 Å². The van der Waals surface area contributed by atoms with Crippen LogP contribution in [0.15, 0.2) is 0 Å². The predicted molar refractivity (Wildman–Crippen MR) is 133 cm³/mol. The van der Waals surface area contributed by atoms with Crippen molar-refractivity contribution in [3.05, 3.63) is 0 Å². The molecule has 0 spiro atoms. The lowest BCUT2D eigenvalue weighted by Gasteiger charge is -2.16. The van der Waals surface area contributed by atoms with Crippen molar-refractivity contribution in [3.63, 3.8) is 0 Å². The van der Waals surface area contributed by atoms with Gasteiger partial charge in [-0.05, 0) is 12.8 Å². The molecule has 0 aliphatic carbocycles. The smallest absolute Gasteiger partial charge is 0.315 e. The number of rotatable bonds is 23. The SMILES string of the molecule is O=C(O)CCOCCOCCOCCOCCOCCNC(=O)CCCCC1SCC2NC(=O)NC21. The van der Waals surface area contributed by atoms with Gasteiger partial charge in [0.05, 0.1) is 84.6 Å². The fraction of sp³-hybridized carbons (Fsp3) is 0.870. The number of carboxylic acids is 1. The number of carbonyl (C=O) groups is 3. The van der Waals surface area contributed by atoms with Crippen molar-refractivity contribution in [3.8, 4) is 0 Å². The molecule has 4 N–H and O–H groups in total. The Hall–Kier alpha value is -1.64. The molecule has 2 rings (SSSR count). The lowest BCUT2D eigenvalue weighted by molar-refractivity contribution is -0.138. The normalized spacial score (nSPS) is 20.7. The second-order valence-electron chi connectivity index (χ2n) is 8.42. The molecule has 0 saturated carbocycles. The van der Waals surface area contributed by atoms with Crippen LogP contribution in [0.25, 0.3) is 0 Å². The van der Waals surface area contributed by atoms with E-state index in [1.165, 1.54) is 0 Å². The molecule has 0 aromatic heterocycles. The zero-order chi connectivity index (χ0) is 25.8. The topological polar surface area (TPSA) is 154 Å². The van der Waals surface area contributed by atoms with Gasteiger partial charge in [-0.1, -0.05) is 6.42 Å². The summed E-state index contributed by atoms with van der Waals surface area (Å²) in [4.78, 5) is 33.6. The van der Waals surface area contributed by atoms with Gasteiger partial charge in [-0.25, -0.2) is 4.79 Å². The summed E-state index contributed by atoms with van der Waals surface area (Å²) in [6.45, 7) is 4.59. The molecule has 3 atom stereocenters. The standard InChI is InChI=1S/C23H41N3O9S/c27-20(4-2-1-3-19-22-18(17-36-19)25-23(30)26-22)24-6-8-32-10-12-34-14-16-35-15-13-33-11-9-31-7-5-21(28)29/h18-19,22H,1-17H2,(H,24,27)(H,28,29)(H2,25,26,30). The van der Waals surface area contributed by atoms with Crippen molar-refractivity contribution >= 4 is 29.7 Å². The van der Waals surface area contributed by atoms with Gasteiger partial charge in [0.25, 0.3) is 0 Å². The Balaban J connectivity index is 1.24. The maximum absolute atomic E-state index is 11.9. The van der Waals surface area contributed by atoms with E-state index in [2.05, 4.69) is 16.0 Å². The average molecular weight is 536 g/mol. The van der Waals surface area contributed by atoms with E-state index in [-0.39, 0.29) is 37.0 Å². The molecule has 2 aliphatic rings. The highest BCUT2D eigenvalue weighted by atomic mass is 32.2. The molecular weight excluding hydrogens is 494 g/mol. The van der Waals surface area contributed by atoms with Gasteiger partial charge in [0.2, 0.25) is 5.91 Å². The molecule has 3 unspecified atom stereocenters. The Morgan fingerprint density at radius 1 is 0.833 bits per heavy atom. The maximum atomic E-state index is 11.9. The fourth-order valence-corrected chi connectivity index (χ4v) is 5.31. The molecule has 0 bridgehead atoms. The van der Waals surface area contributed by atoms with Crippen LogP contribution in [0.1, 0.15) is 32.1 Å². The highest BCUT2D eigenvalue weighted by Gasteiger charge is 2.42. The molecule has 0 aromatic carbocycles. The van der Waals surface area contributed by atoms with Gasteiger partial charge in [-0.2, -0.15) is 11.8 Å². The molecule has 12 nitrogen and oxygen atoms in total. The van der Waals surface area contributed by atoms with E-state index in [1.807, 2.05) is 11.8 Å². The van der Waals surface area contributed by atoms with Crippen molar-refractivity contribution in [2.45, 2.75) is 49.4 Å². The van der Waals surface area contributed by atoms with Crippen LogP contribution in [-0.2, 0) is 33.3 Å². The van der Waals surface area contributed by atoms with E-state index < -0.39 is 5.97 Å². The summed E-state index contributed by atoms with van der Waals surface area (Å²) in [6.07, 6.45) is 3.32. The minimum atomic E-state index is -0.877. The summed E-state index contributed by atoms with van der Waals surface area (Å²) >= 11 is 1.90. The molecule has 13 heteroatoms. The summed E-state index contributed by atoms with van der Waals surface area (Å²) in [5, 5.41) is 17.7. The van der Waals surface area contributed by atoms with Gasteiger partial charge in [0.15, 0.2) is 0 Å². The summed E-state index contributed by atoms with van der Waals surface area (Å²) < 4.78 is 26.6. The number of fused-ring (bicyclic) bond motifs is 1. The Kier molecular flexibility index (Phi) is 16.5. The first kappa shape index (κ1) is 30.6. The number of unbranched alkanes of at least 4 members (excludes halogenated alkanes) is 1. The third kappa shape index (κ3) is 14.2. The largest absolute Gasteiger partial charge is 0.481 e. The van der Waals surface area contributed by atoms with Crippen LogP contribution in [0, 0.1) is 0 Å². The van der Waals surface area contributed by atoms with Gasteiger partial charge in [0, 0.05) is 24.0 Å². The third-order valence-electron chi connectivity index (χ3n) is 5.60. The van der Waals surface area contributed by atoms with E-state index >= 15 is 0 Å². The van der Waals surface area contributed by atoms with Gasteiger partial charge < -0.3 is 44.7 Å². The molecule has 2 heterocycles. The van der Waals surface area contributed by atoms with E-state index in [4.69, 9.17) is 28.8 Å². The number of nitrogens with one attached hydrogen (secondary N) is 3. The summed E-state index contributed by atoms with van der Waals surface area (Å²) in [5.74, 6) is 0.118. The Labute approximate surface area is 216 Å². The number of urea groups is 1. The number of thioether (sulfide) groups is 1. The van der Waals surface area contributed by atoms with Gasteiger partial charge in [0.1, 0.15) is 0 Å². The zero-order valence-electron chi connectivity index (χ0n) is 20.9. The van der Waals surface area contributed by atoms with Crippen molar-refractivity contribution in [2.24, 2.45) is 0 Å². The number of aliphatic carboxylic acids is 1. The minimum Gasteiger partial charge on any atom is -0.481 e. The first-order valence-corrected chi connectivity index (χ1v) is 13.7. The van der Waals surface area contributed by atoms with Crippen LogP contribution < -0.4 is 16.0 Å². The second kappa shape index (κ2) is 19.5. The van der Waals surface area contributed by atoms with Crippen LogP contribution in [0.3, 0.4) is 0 Å². The van der Waals surface area contributed by atoms with Gasteiger partial charge in [-0.3, -0.25) is 9.59 Å². The maximum Gasteiger partial charge on any atom is 0.315 e. The zero-order valence-corrected chi connectivity index (χ0v) is 21.7. The Bertz CT molecular complexity index is 644. The van der Waals surface area contributed by atoms with Crippen LogP contribution >= 0.6 is 11.8 Å². The lowest BCUT2D eigenvalue weighted by atomic mass is 10.0. The van der Waals surface area contributed by atoms with Crippen LogP contribution in [0.5, 0.6) is 0 Å². The van der Waals surface area contributed by atoms with Crippen molar-refractivity contribution in [1.82, 2.24) is 16.0 Å². The molecule has 2 saturated heterocycles. The van der Waals surface area contributed by atoms with Gasteiger partial charge in [-0.15, -0.1) is 0 Å². The number of carboxylic acid groups (broad SMARTS) is 1. The number of carbonyl (C=O) groups excluding carboxylic acids is 2. The fourth-order valence-electron chi connectivity index (χ4n) is 3.77. The van der Waals surface area contributed by atoms with Crippen LogP contribution in [-0.4, -0.2) is 119 Å². The highest BCUT2D eigenvalue weighted by Crippen LogP contribution is 2.33. The Morgan fingerprint density at radius 3 is 2.03 bits per heavy atom. The molecule has 0 aromatic rings. The molecule has 2 fully saturated rings. The van der Waals surface area contributed by atoms with Gasteiger partial charge >= 0.3 is 12.0 Å². The summed E-state index contributed by atoms with van der Waals surface area (Å²) in [6, 6.07) is 0.407. The summed E-state index contributed by atoms with van der Waals surface area (Å²) in [7, 11) is 0. The number of amides is 3. The molecule has 3 amide bonds. The molecule has 36 heavy (non-hydrogen) atoms. The van der Waals surface area contributed by atoms with Crippen LogP contribution in [0.4, 0.5) is 4.79 Å². The highest BCUT2D eigenvalue weighted by molar-refractivity contribution is 8.00. The number of hydrogen-bond donors (Lipinski definition) is 4. The average Bonchev–Trinajstić information content (AvgIpc) is 3.40. The number of ether oxygens (including phenoxy) is 5. The monoisotopic (exact) mass is 535 g/mol. The van der Waals surface area contributed by atoms with E-state index in [0.717, 1.165) is 25.0 Å². The minimum absolute atomic E-state index is 0.00515. The van der Waals surface area contributed by atoms with E-state index in [1.54, 1.807) is 0 Å². The molecule has 0 radical (unpaired) electrons. The van der Waals surface area contributed by atoms with Crippen LogP contribution in [0.2, 0.25) is 0 Å². The quantitative estimate of drug-likeness (QED) is 0.107. The second-order valence-corrected chi connectivity index (χ2v) is 9.70. The summed E-state index contributed by atoms with van der Waals surface area (Å²) in [5.41, 5.74) is 0. The number of hydrogen-bond acceptors (Lipinski definition) is 9. The molecule has 2 aliphatic heterocycles. The predicted octanol–water partition coefficient (Wildman–Crippen LogP) is 0.386. The first-order chi connectivity index (χ1) is 17.6. The molecular formula is C23H41N3O9S. The third-order valence-corrected chi connectivity index (χ3v) is 7.11. The lowest BCUT2D eigenvalue weighted by Crippen LogP contribution is -2.36. The molecule has 208 valence electrons. The first-order valence-electron chi connectivity index (χ1n) is 12.6. The van der Waals surface area contributed by atoms with Crippen molar-refractivity contribution in [2.75, 3.05) is 78.4 Å². The van der Waals surface area contributed by atoms with Crippen molar-refractivity contribution in [1.29, 1.82) is 0 Å². The van der Waals surface area contributed by atoms with E-state index in [0.29, 0.717) is 77.7 Å². The Morgan fingerprint density at radius 2 is 1.42 bits per heavy atom.